The maximum Gasteiger partial charge on any atom is 0 e. The molecular weight excluding hydrogens is 168 g/mol. The zero-order chi connectivity index (χ0) is 6.81. The minimum Gasteiger partial charge on any atom is -0.0801 e. The van der Waals surface area contributed by atoms with E-state index in [2.05, 4.69) is 36.5 Å². The van der Waals surface area contributed by atoms with Gasteiger partial charge in [0.1, 0.15) is 0 Å². The molecule has 0 saturated carbocycles. The Balaban J connectivity index is 0.000000605. The number of hydrogen-bond donors (Lipinski definition) is 0. The molecule has 0 nitrogen and oxygen atoms in total. The van der Waals surface area contributed by atoms with E-state index in [9.17, 15) is 0 Å². The molecule has 1 heteroatoms. The van der Waals surface area contributed by atoms with Crippen LogP contribution in [0.2, 0.25) is 0 Å². The minimum absolute atomic E-state index is 0. The van der Waals surface area contributed by atoms with Crippen molar-refractivity contribution in [3.63, 3.8) is 0 Å². The van der Waals surface area contributed by atoms with Gasteiger partial charge in [0.25, 0.3) is 0 Å². The molecule has 0 amide bonds. The Morgan fingerprint density at radius 1 is 0.818 bits per heavy atom. The smallest absolute Gasteiger partial charge is 0 e. The van der Waals surface area contributed by atoms with Gasteiger partial charge in [0, 0.05) is 21.7 Å². The van der Waals surface area contributed by atoms with E-state index < -0.39 is 0 Å². The maximum atomic E-state index is 2.21. The Labute approximate surface area is 82.3 Å². The summed E-state index contributed by atoms with van der Waals surface area (Å²) in [7, 11) is 0. The zero-order valence-electron chi connectivity index (χ0n) is 6.38. The Morgan fingerprint density at radius 2 is 1.27 bits per heavy atom. The molecule has 11 heavy (non-hydrogen) atoms. The van der Waals surface area contributed by atoms with Crippen LogP contribution in [0, 0.1) is 0 Å². The quantitative estimate of drug-likeness (QED) is 0.541. The number of allylic oxidation sites excluding steroid dienone is 8. The van der Waals surface area contributed by atoms with E-state index in [1.54, 1.807) is 0 Å². The molecule has 0 aliphatic heterocycles. The molecule has 54 valence electrons. The normalized spacial score (nSPS) is 19.6. The van der Waals surface area contributed by atoms with Gasteiger partial charge in [0.15, 0.2) is 0 Å². The second kappa shape index (κ2) is 3.89. The summed E-state index contributed by atoms with van der Waals surface area (Å²) in [6.07, 6.45) is 15.4. The van der Waals surface area contributed by atoms with Crippen LogP contribution in [0.1, 0.15) is 12.8 Å². The van der Waals surface area contributed by atoms with Crippen molar-refractivity contribution < 1.29 is 21.7 Å². The molecule has 0 unspecified atom stereocenters. The van der Waals surface area contributed by atoms with Gasteiger partial charge in [-0.05, 0) is 24.0 Å². The summed E-state index contributed by atoms with van der Waals surface area (Å²) in [5.74, 6) is 0. The molecular formula is C10H10Ti. The fraction of sp³-hybridized carbons (Fsp3) is 0.200. The van der Waals surface area contributed by atoms with Crippen LogP contribution in [-0.2, 0) is 21.7 Å². The van der Waals surface area contributed by atoms with Crippen LogP contribution < -0.4 is 0 Å². The van der Waals surface area contributed by atoms with Crippen molar-refractivity contribution in [3.8, 4) is 0 Å². The summed E-state index contributed by atoms with van der Waals surface area (Å²) >= 11 is 0. The van der Waals surface area contributed by atoms with Crippen molar-refractivity contribution in [3.05, 3.63) is 47.6 Å². The minimum atomic E-state index is 0. The molecule has 0 atom stereocenters. The van der Waals surface area contributed by atoms with Crippen molar-refractivity contribution >= 4 is 0 Å². The van der Waals surface area contributed by atoms with E-state index in [0.29, 0.717) is 0 Å². The van der Waals surface area contributed by atoms with Gasteiger partial charge in [0.2, 0.25) is 0 Å². The van der Waals surface area contributed by atoms with E-state index in [0.717, 1.165) is 12.8 Å². The van der Waals surface area contributed by atoms with Crippen molar-refractivity contribution in [2.75, 3.05) is 0 Å². The van der Waals surface area contributed by atoms with Gasteiger partial charge in [-0.2, -0.15) is 0 Å². The third-order valence-corrected chi connectivity index (χ3v) is 1.95. The van der Waals surface area contributed by atoms with Crippen molar-refractivity contribution in [2.45, 2.75) is 12.8 Å². The molecule has 0 heterocycles. The SMILES string of the molecule is C1=CCC(C2=CC=CC2)=C1.[Ti]. The average Bonchev–Trinajstić information content (AvgIpc) is 2.59. The molecule has 0 aromatic carbocycles. The largest absolute Gasteiger partial charge is 0.0801 e. The van der Waals surface area contributed by atoms with Gasteiger partial charge in [-0.1, -0.05) is 36.5 Å². The van der Waals surface area contributed by atoms with E-state index in [4.69, 9.17) is 0 Å². The van der Waals surface area contributed by atoms with Crippen LogP contribution in [0.3, 0.4) is 0 Å². The third-order valence-electron chi connectivity index (χ3n) is 1.95. The Hall–Kier alpha value is -0.326. The fourth-order valence-corrected chi connectivity index (χ4v) is 1.37. The van der Waals surface area contributed by atoms with E-state index in [-0.39, 0.29) is 21.7 Å². The second-order valence-corrected chi connectivity index (χ2v) is 2.65. The van der Waals surface area contributed by atoms with Crippen LogP contribution >= 0.6 is 0 Å². The van der Waals surface area contributed by atoms with Crippen molar-refractivity contribution in [1.82, 2.24) is 0 Å². The second-order valence-electron chi connectivity index (χ2n) is 2.65. The van der Waals surface area contributed by atoms with Crippen molar-refractivity contribution in [1.29, 1.82) is 0 Å². The molecule has 2 aliphatic rings. The average molecular weight is 178 g/mol. The molecule has 0 spiro atoms. The summed E-state index contributed by atoms with van der Waals surface area (Å²) in [6.45, 7) is 0. The Bertz CT molecular complexity index is 226. The molecule has 0 aromatic rings. The molecule has 0 saturated heterocycles. The Kier molecular flexibility index (Phi) is 3.10. The number of hydrogen-bond acceptors (Lipinski definition) is 0. The van der Waals surface area contributed by atoms with Crippen LogP contribution in [-0.4, -0.2) is 0 Å². The first-order valence-corrected chi connectivity index (χ1v) is 3.68. The first kappa shape index (κ1) is 8.77. The van der Waals surface area contributed by atoms with Crippen LogP contribution in [0.15, 0.2) is 47.6 Å². The summed E-state index contributed by atoms with van der Waals surface area (Å²) in [5, 5.41) is 0. The molecule has 2 rings (SSSR count). The van der Waals surface area contributed by atoms with Gasteiger partial charge in [-0.15, -0.1) is 0 Å². The van der Waals surface area contributed by atoms with Gasteiger partial charge >= 0.3 is 0 Å². The monoisotopic (exact) mass is 178 g/mol. The predicted octanol–water partition coefficient (Wildman–Crippen LogP) is 2.76. The van der Waals surface area contributed by atoms with Gasteiger partial charge in [0.05, 0.1) is 0 Å². The van der Waals surface area contributed by atoms with Crippen molar-refractivity contribution in [2.24, 2.45) is 0 Å². The van der Waals surface area contributed by atoms with E-state index >= 15 is 0 Å². The molecule has 0 bridgehead atoms. The molecule has 0 fully saturated rings. The Morgan fingerprint density at radius 3 is 1.55 bits per heavy atom. The van der Waals surface area contributed by atoms with E-state index in [1.165, 1.54) is 11.1 Å². The van der Waals surface area contributed by atoms with Gasteiger partial charge in [-0.3, -0.25) is 0 Å². The zero-order valence-corrected chi connectivity index (χ0v) is 7.94. The van der Waals surface area contributed by atoms with Gasteiger partial charge in [-0.25, -0.2) is 0 Å². The summed E-state index contributed by atoms with van der Waals surface area (Å²) in [6, 6.07) is 0. The standard InChI is InChI=1S/C10H10.Ti/c1-2-6-9(5-1)10-7-3-4-8-10;/h1-5,7H,6,8H2;. The predicted molar refractivity (Wildman–Crippen MR) is 43.7 cm³/mol. The third kappa shape index (κ3) is 1.82. The maximum absolute atomic E-state index is 2.21. The summed E-state index contributed by atoms with van der Waals surface area (Å²) < 4.78 is 0. The fourth-order valence-electron chi connectivity index (χ4n) is 1.37. The van der Waals surface area contributed by atoms with Crippen LogP contribution in [0.25, 0.3) is 0 Å². The van der Waals surface area contributed by atoms with Crippen LogP contribution in [0.5, 0.6) is 0 Å². The first-order valence-electron chi connectivity index (χ1n) is 3.68. The van der Waals surface area contributed by atoms with Crippen LogP contribution in [0.4, 0.5) is 0 Å². The molecule has 0 aromatic heterocycles. The van der Waals surface area contributed by atoms with E-state index in [1.807, 2.05) is 0 Å². The molecule has 0 N–H and O–H groups in total. The summed E-state index contributed by atoms with van der Waals surface area (Å²) in [5.41, 5.74) is 2.98. The topological polar surface area (TPSA) is 0 Å². The first-order chi connectivity index (χ1) is 4.97. The van der Waals surface area contributed by atoms with Gasteiger partial charge < -0.3 is 0 Å². The molecule has 2 aliphatic carbocycles. The number of rotatable bonds is 1. The molecule has 0 radical (unpaired) electrons. The summed E-state index contributed by atoms with van der Waals surface area (Å²) in [4.78, 5) is 0.